The number of carbonyl (C=O) groups excluding carboxylic acids is 1. The third-order valence-corrected chi connectivity index (χ3v) is 2.43. The molecule has 1 rings (SSSR count). The van der Waals surface area contributed by atoms with E-state index in [0.717, 1.165) is 12.5 Å². The molecule has 1 aromatic carbocycles. The molecule has 0 bridgehead atoms. The number of benzene rings is 1. The van der Waals surface area contributed by atoms with Crippen LogP contribution in [0.1, 0.15) is 18.9 Å². The number of carboxylic acids is 1. The molecule has 0 saturated carbocycles. The van der Waals surface area contributed by atoms with Crippen molar-refractivity contribution in [2.75, 3.05) is 19.0 Å². The van der Waals surface area contributed by atoms with Crippen LogP contribution in [0.3, 0.4) is 0 Å². The summed E-state index contributed by atoms with van der Waals surface area (Å²) in [7, 11) is 1.50. The summed E-state index contributed by atoms with van der Waals surface area (Å²) in [5.41, 5.74) is 1.13. The number of carbonyl (C=O) groups is 2. The summed E-state index contributed by atoms with van der Waals surface area (Å²) < 4.78 is 5.15. The van der Waals surface area contributed by atoms with E-state index in [1.807, 2.05) is 6.92 Å². The van der Waals surface area contributed by atoms with Crippen molar-refractivity contribution in [3.8, 4) is 5.75 Å². The first-order valence-electron chi connectivity index (χ1n) is 6.20. The molecule has 6 nitrogen and oxygen atoms in total. The molecule has 108 valence electrons. The lowest BCUT2D eigenvalue weighted by Gasteiger charge is -2.11. The summed E-state index contributed by atoms with van der Waals surface area (Å²) in [6.45, 7) is 2.53. The van der Waals surface area contributed by atoms with Crippen LogP contribution in [-0.2, 0) is 4.79 Å². The minimum absolute atomic E-state index is 0.329. The highest BCUT2D eigenvalue weighted by molar-refractivity contribution is 5.92. The molecule has 0 heterocycles. The lowest BCUT2D eigenvalue weighted by Crippen LogP contribution is -2.29. The summed E-state index contributed by atoms with van der Waals surface area (Å²) >= 11 is 0. The Hall–Kier alpha value is -2.50. The molecule has 0 aliphatic rings. The van der Waals surface area contributed by atoms with Crippen molar-refractivity contribution >= 4 is 23.8 Å². The Bertz CT molecular complexity index is 512. The van der Waals surface area contributed by atoms with E-state index in [9.17, 15) is 9.59 Å². The fourth-order valence-electron chi connectivity index (χ4n) is 1.50. The number of ether oxygens (including phenoxy) is 1. The molecule has 0 fully saturated rings. The van der Waals surface area contributed by atoms with Crippen molar-refractivity contribution in [3.63, 3.8) is 0 Å². The van der Waals surface area contributed by atoms with Crippen molar-refractivity contribution in [2.24, 2.45) is 0 Å². The number of amides is 2. The van der Waals surface area contributed by atoms with Gasteiger partial charge in [-0.1, -0.05) is 13.0 Å². The Morgan fingerprint density at radius 3 is 2.75 bits per heavy atom. The van der Waals surface area contributed by atoms with Crippen LogP contribution >= 0.6 is 0 Å². The van der Waals surface area contributed by atoms with Crippen molar-refractivity contribution in [1.29, 1.82) is 0 Å². The first-order valence-corrected chi connectivity index (χ1v) is 6.20. The molecule has 0 atom stereocenters. The Morgan fingerprint density at radius 1 is 1.40 bits per heavy atom. The van der Waals surface area contributed by atoms with E-state index in [-0.39, 0.29) is 6.03 Å². The minimum atomic E-state index is -1.03. The average Bonchev–Trinajstić information content (AvgIpc) is 2.43. The smallest absolute Gasteiger partial charge is 0.328 e. The van der Waals surface area contributed by atoms with Gasteiger partial charge < -0.3 is 20.5 Å². The minimum Gasteiger partial charge on any atom is -0.495 e. The SMILES string of the molecule is CCCNC(=O)Nc1cc(C=CC(=O)O)ccc1OC. The second-order valence-electron chi connectivity index (χ2n) is 4.01. The maximum Gasteiger partial charge on any atom is 0.328 e. The highest BCUT2D eigenvalue weighted by Gasteiger charge is 2.07. The van der Waals surface area contributed by atoms with E-state index >= 15 is 0 Å². The molecule has 0 spiro atoms. The Morgan fingerprint density at radius 2 is 2.15 bits per heavy atom. The van der Waals surface area contributed by atoms with Gasteiger partial charge >= 0.3 is 12.0 Å². The number of nitrogens with one attached hydrogen (secondary N) is 2. The zero-order valence-corrected chi connectivity index (χ0v) is 11.5. The molecule has 1 aromatic rings. The lowest BCUT2D eigenvalue weighted by molar-refractivity contribution is -0.131. The van der Waals surface area contributed by atoms with Gasteiger partial charge in [0.2, 0.25) is 0 Å². The topological polar surface area (TPSA) is 87.7 Å². The van der Waals surface area contributed by atoms with Gasteiger partial charge in [0, 0.05) is 12.6 Å². The van der Waals surface area contributed by atoms with Gasteiger partial charge in [0.15, 0.2) is 0 Å². The Kier molecular flexibility index (Phi) is 6.09. The van der Waals surface area contributed by atoms with Crippen LogP contribution in [0, 0.1) is 0 Å². The van der Waals surface area contributed by atoms with Gasteiger partial charge in [0.05, 0.1) is 12.8 Å². The zero-order chi connectivity index (χ0) is 15.0. The predicted octanol–water partition coefficient (Wildman–Crippen LogP) is 2.32. The molecule has 20 heavy (non-hydrogen) atoms. The van der Waals surface area contributed by atoms with Gasteiger partial charge in [-0.05, 0) is 30.2 Å². The maximum atomic E-state index is 11.6. The quantitative estimate of drug-likeness (QED) is 0.697. The number of methoxy groups -OCH3 is 1. The van der Waals surface area contributed by atoms with Gasteiger partial charge in [-0.2, -0.15) is 0 Å². The highest BCUT2D eigenvalue weighted by Crippen LogP contribution is 2.25. The number of carboxylic acid groups (broad SMARTS) is 1. The number of hydrogen-bond acceptors (Lipinski definition) is 3. The highest BCUT2D eigenvalue weighted by atomic mass is 16.5. The van der Waals surface area contributed by atoms with Crippen LogP contribution in [0.15, 0.2) is 24.3 Å². The maximum absolute atomic E-state index is 11.6. The van der Waals surface area contributed by atoms with E-state index in [1.165, 1.54) is 13.2 Å². The second-order valence-corrected chi connectivity index (χ2v) is 4.01. The van der Waals surface area contributed by atoms with E-state index in [1.54, 1.807) is 18.2 Å². The molecule has 6 heteroatoms. The number of rotatable bonds is 6. The van der Waals surface area contributed by atoms with Gasteiger partial charge in [-0.15, -0.1) is 0 Å². The Labute approximate surface area is 117 Å². The van der Waals surface area contributed by atoms with Crippen LogP contribution in [0.4, 0.5) is 10.5 Å². The normalized spacial score (nSPS) is 10.3. The molecule has 0 radical (unpaired) electrons. The third-order valence-electron chi connectivity index (χ3n) is 2.43. The molecule has 0 unspecified atom stereocenters. The second kappa shape index (κ2) is 7.83. The van der Waals surface area contributed by atoms with Crippen LogP contribution in [-0.4, -0.2) is 30.8 Å². The van der Waals surface area contributed by atoms with Gasteiger partial charge in [-0.25, -0.2) is 9.59 Å². The number of aliphatic carboxylic acids is 1. The first-order chi connectivity index (χ1) is 9.56. The first kappa shape index (κ1) is 15.6. The molecular formula is C14H18N2O4. The fourth-order valence-corrected chi connectivity index (χ4v) is 1.50. The number of anilines is 1. The standard InChI is InChI=1S/C14H18N2O4/c1-3-8-15-14(19)16-11-9-10(5-7-13(17)18)4-6-12(11)20-2/h4-7,9H,3,8H2,1-2H3,(H,17,18)(H2,15,16,19). The largest absolute Gasteiger partial charge is 0.495 e. The van der Waals surface area contributed by atoms with E-state index in [4.69, 9.17) is 9.84 Å². The molecule has 0 aliphatic heterocycles. The van der Waals surface area contributed by atoms with Gasteiger partial charge in [-0.3, -0.25) is 0 Å². The Balaban J connectivity index is 2.88. The van der Waals surface area contributed by atoms with Crippen LogP contribution in [0.5, 0.6) is 5.75 Å². The molecular weight excluding hydrogens is 260 g/mol. The molecule has 0 aromatic heterocycles. The van der Waals surface area contributed by atoms with E-state index in [0.29, 0.717) is 23.5 Å². The average molecular weight is 278 g/mol. The summed E-state index contributed by atoms with van der Waals surface area (Å²) in [6.07, 6.45) is 3.31. The van der Waals surface area contributed by atoms with Crippen molar-refractivity contribution in [2.45, 2.75) is 13.3 Å². The predicted molar refractivity (Wildman–Crippen MR) is 77.0 cm³/mol. The van der Waals surface area contributed by atoms with Gasteiger partial charge in [0.25, 0.3) is 0 Å². The summed E-state index contributed by atoms with van der Waals surface area (Å²) in [4.78, 5) is 22.1. The van der Waals surface area contributed by atoms with Crippen molar-refractivity contribution < 1.29 is 19.4 Å². The summed E-state index contributed by atoms with van der Waals surface area (Å²) in [6, 6.07) is 4.68. The molecule has 3 N–H and O–H groups in total. The molecule has 2 amide bonds. The number of urea groups is 1. The summed E-state index contributed by atoms with van der Waals surface area (Å²) in [5, 5.41) is 13.9. The monoisotopic (exact) mass is 278 g/mol. The number of hydrogen-bond donors (Lipinski definition) is 3. The van der Waals surface area contributed by atoms with Crippen LogP contribution < -0.4 is 15.4 Å². The van der Waals surface area contributed by atoms with Crippen LogP contribution in [0.2, 0.25) is 0 Å². The van der Waals surface area contributed by atoms with E-state index in [2.05, 4.69) is 10.6 Å². The molecule has 0 aliphatic carbocycles. The van der Waals surface area contributed by atoms with Crippen molar-refractivity contribution in [3.05, 3.63) is 29.8 Å². The fraction of sp³-hybridized carbons (Fsp3) is 0.286. The lowest BCUT2D eigenvalue weighted by atomic mass is 10.1. The van der Waals surface area contributed by atoms with Crippen LogP contribution in [0.25, 0.3) is 6.08 Å². The summed E-state index contributed by atoms with van der Waals surface area (Å²) in [5.74, 6) is -0.528. The molecule has 0 saturated heterocycles. The van der Waals surface area contributed by atoms with Gasteiger partial charge in [0.1, 0.15) is 5.75 Å². The zero-order valence-electron chi connectivity index (χ0n) is 11.5. The van der Waals surface area contributed by atoms with Crippen molar-refractivity contribution in [1.82, 2.24) is 5.32 Å². The third kappa shape index (κ3) is 5.01. The van der Waals surface area contributed by atoms with E-state index < -0.39 is 5.97 Å².